The van der Waals surface area contributed by atoms with Crippen molar-refractivity contribution < 1.29 is 28.2 Å². The molecule has 2 aromatic heterocycles. The van der Waals surface area contributed by atoms with Crippen LogP contribution in [0.2, 0.25) is 0 Å². The number of imidazole rings is 1. The van der Waals surface area contributed by atoms with Gasteiger partial charge in [0.05, 0.1) is 38.8 Å². The van der Waals surface area contributed by atoms with Crippen LogP contribution in [0.1, 0.15) is 24.2 Å². The Morgan fingerprint density at radius 2 is 2.00 bits per heavy atom. The molecule has 39 heavy (non-hydrogen) atoms. The van der Waals surface area contributed by atoms with Gasteiger partial charge in [0.15, 0.2) is 5.76 Å². The molecular weight excluding hydrogens is 500 g/mol. The van der Waals surface area contributed by atoms with E-state index in [4.69, 9.17) is 23.4 Å². The average molecular weight is 531 g/mol. The Balaban J connectivity index is 1.14. The molecule has 202 valence electrons. The maximum atomic E-state index is 12.7. The summed E-state index contributed by atoms with van der Waals surface area (Å²) in [6.45, 7) is 1.99. The highest BCUT2D eigenvalue weighted by Gasteiger charge is 2.26. The quantitative estimate of drug-likeness (QED) is 0.328. The van der Waals surface area contributed by atoms with Crippen molar-refractivity contribution in [1.82, 2.24) is 14.6 Å². The van der Waals surface area contributed by atoms with Gasteiger partial charge < -0.3 is 28.3 Å². The van der Waals surface area contributed by atoms with Crippen molar-refractivity contribution in [3.8, 4) is 23.0 Å². The van der Waals surface area contributed by atoms with Crippen molar-refractivity contribution in [1.29, 1.82) is 0 Å². The third-order valence-corrected chi connectivity index (χ3v) is 7.04. The third-order valence-electron chi connectivity index (χ3n) is 7.04. The van der Waals surface area contributed by atoms with E-state index in [1.807, 2.05) is 54.7 Å². The SMILES string of the molecule is COC1=Nn2cc(-c3cc4c(OC[C@H]5CCCN(C(=O)OCc6ccccc6)C5)cc(OC)cc4o3)nc2C1. The van der Waals surface area contributed by atoms with Gasteiger partial charge in [-0.25, -0.2) is 14.5 Å². The Hall–Kier alpha value is -4.47. The van der Waals surface area contributed by atoms with Gasteiger partial charge >= 0.3 is 6.09 Å². The number of rotatable bonds is 7. The number of hydrogen-bond donors (Lipinski definition) is 0. The van der Waals surface area contributed by atoms with Crippen molar-refractivity contribution in [2.24, 2.45) is 11.0 Å². The molecule has 0 spiro atoms. The molecule has 2 aromatic carbocycles. The number of hydrogen-bond acceptors (Lipinski definition) is 8. The first-order valence-electron chi connectivity index (χ1n) is 13.0. The van der Waals surface area contributed by atoms with Gasteiger partial charge in [0, 0.05) is 31.1 Å². The van der Waals surface area contributed by atoms with E-state index in [2.05, 4.69) is 10.1 Å². The Kier molecular flexibility index (Phi) is 6.83. The fraction of sp³-hybridized carbons (Fsp3) is 0.345. The van der Waals surface area contributed by atoms with Crippen LogP contribution in [0.3, 0.4) is 0 Å². The molecule has 10 heteroatoms. The smallest absolute Gasteiger partial charge is 0.410 e. The third kappa shape index (κ3) is 5.27. The van der Waals surface area contributed by atoms with E-state index < -0.39 is 0 Å². The molecule has 6 rings (SSSR count). The highest BCUT2D eigenvalue weighted by atomic mass is 16.6. The number of carbonyl (C=O) groups excluding carboxylic acids is 1. The number of likely N-dealkylation sites (tertiary alicyclic amines) is 1. The van der Waals surface area contributed by atoms with Crippen molar-refractivity contribution >= 4 is 23.0 Å². The van der Waals surface area contributed by atoms with E-state index in [9.17, 15) is 4.79 Å². The molecule has 0 aliphatic carbocycles. The van der Waals surface area contributed by atoms with Crippen molar-refractivity contribution in [2.75, 3.05) is 33.9 Å². The molecule has 1 saturated heterocycles. The zero-order chi connectivity index (χ0) is 26.8. The van der Waals surface area contributed by atoms with E-state index >= 15 is 0 Å². The summed E-state index contributed by atoms with van der Waals surface area (Å²) in [5.74, 6) is 3.51. The minimum Gasteiger partial charge on any atom is -0.496 e. The lowest BCUT2D eigenvalue weighted by molar-refractivity contribution is 0.0711. The Bertz CT molecular complexity index is 1510. The fourth-order valence-corrected chi connectivity index (χ4v) is 4.97. The molecule has 0 bridgehead atoms. The van der Waals surface area contributed by atoms with Crippen LogP contribution in [-0.2, 0) is 22.5 Å². The first kappa shape index (κ1) is 24.8. The predicted molar refractivity (Wildman–Crippen MR) is 144 cm³/mol. The van der Waals surface area contributed by atoms with E-state index in [1.165, 1.54) is 0 Å². The second-order valence-electron chi connectivity index (χ2n) is 9.72. The first-order chi connectivity index (χ1) is 19.1. The Morgan fingerprint density at radius 3 is 2.79 bits per heavy atom. The number of carbonyl (C=O) groups is 1. The lowest BCUT2D eigenvalue weighted by Gasteiger charge is -2.32. The highest BCUT2D eigenvalue weighted by Crippen LogP contribution is 2.37. The molecule has 0 unspecified atom stereocenters. The number of nitrogens with zero attached hydrogens (tertiary/aromatic N) is 4. The van der Waals surface area contributed by atoms with Gasteiger partial charge in [0.1, 0.15) is 35.2 Å². The number of benzene rings is 2. The van der Waals surface area contributed by atoms with Crippen LogP contribution in [-0.4, -0.2) is 60.5 Å². The fourth-order valence-electron chi connectivity index (χ4n) is 4.97. The average Bonchev–Trinajstić information content (AvgIpc) is 3.68. The van der Waals surface area contributed by atoms with Crippen LogP contribution in [0.5, 0.6) is 11.5 Å². The van der Waals surface area contributed by atoms with Crippen LogP contribution in [0.15, 0.2) is 64.2 Å². The Labute approximate surface area is 225 Å². The number of aromatic nitrogens is 2. The maximum absolute atomic E-state index is 12.7. The predicted octanol–water partition coefficient (Wildman–Crippen LogP) is 5.10. The van der Waals surface area contributed by atoms with Gasteiger partial charge in [-0.2, -0.15) is 0 Å². The van der Waals surface area contributed by atoms with Crippen molar-refractivity contribution in [3.05, 3.63) is 66.1 Å². The summed E-state index contributed by atoms with van der Waals surface area (Å²) in [6, 6.07) is 15.3. The molecule has 4 heterocycles. The maximum Gasteiger partial charge on any atom is 0.410 e. The number of piperidine rings is 1. The van der Waals surface area contributed by atoms with E-state index in [1.54, 1.807) is 23.8 Å². The van der Waals surface area contributed by atoms with Crippen LogP contribution in [0.4, 0.5) is 4.79 Å². The second kappa shape index (κ2) is 10.7. The van der Waals surface area contributed by atoms with Crippen LogP contribution >= 0.6 is 0 Å². The van der Waals surface area contributed by atoms with E-state index in [0.29, 0.717) is 60.6 Å². The summed E-state index contributed by atoms with van der Waals surface area (Å²) >= 11 is 0. The standard InChI is InChI=1S/C29H30N4O6/c1-35-21-11-24(22-13-26(39-25(22)12-21)23-16-33-27(30-23)14-28(31-33)36-2)37-18-20-9-6-10-32(15-20)29(34)38-17-19-7-4-3-5-8-19/h3-5,7-8,11-13,16,20H,6,9-10,14-15,17-18H2,1-2H3/t20-/m0/s1. The van der Waals surface area contributed by atoms with Gasteiger partial charge in [0.2, 0.25) is 5.90 Å². The zero-order valence-corrected chi connectivity index (χ0v) is 22.0. The van der Waals surface area contributed by atoms with Crippen LogP contribution in [0, 0.1) is 5.92 Å². The first-order valence-corrected chi connectivity index (χ1v) is 13.0. The molecule has 10 nitrogen and oxygen atoms in total. The summed E-state index contributed by atoms with van der Waals surface area (Å²) in [7, 11) is 3.21. The summed E-state index contributed by atoms with van der Waals surface area (Å²) in [5.41, 5.74) is 2.29. The van der Waals surface area contributed by atoms with Gasteiger partial charge in [-0.15, -0.1) is 5.10 Å². The molecule has 2 aliphatic heterocycles. The Morgan fingerprint density at radius 1 is 1.13 bits per heavy atom. The molecular formula is C29H30N4O6. The molecule has 4 aromatic rings. The lowest BCUT2D eigenvalue weighted by atomic mass is 9.99. The number of fused-ring (bicyclic) bond motifs is 2. The van der Waals surface area contributed by atoms with Crippen LogP contribution < -0.4 is 9.47 Å². The minimum absolute atomic E-state index is 0.180. The highest BCUT2D eigenvalue weighted by molar-refractivity contribution is 5.89. The summed E-state index contributed by atoms with van der Waals surface area (Å²) in [5, 5.41) is 5.20. The van der Waals surface area contributed by atoms with Gasteiger partial charge in [0.25, 0.3) is 0 Å². The monoisotopic (exact) mass is 530 g/mol. The van der Waals surface area contributed by atoms with Gasteiger partial charge in [-0.3, -0.25) is 0 Å². The summed E-state index contributed by atoms with van der Waals surface area (Å²) < 4.78 is 30.4. The summed E-state index contributed by atoms with van der Waals surface area (Å²) in [6.07, 6.45) is 3.94. The molecule has 2 aliphatic rings. The van der Waals surface area contributed by atoms with Crippen molar-refractivity contribution in [2.45, 2.75) is 25.9 Å². The number of amides is 1. The van der Waals surface area contributed by atoms with Gasteiger partial charge in [-0.05, 0) is 24.5 Å². The minimum atomic E-state index is -0.291. The van der Waals surface area contributed by atoms with E-state index in [-0.39, 0.29) is 18.6 Å². The number of ether oxygens (including phenoxy) is 4. The largest absolute Gasteiger partial charge is 0.496 e. The topological polar surface area (TPSA) is 101 Å². The van der Waals surface area contributed by atoms with Gasteiger partial charge in [-0.1, -0.05) is 30.3 Å². The lowest BCUT2D eigenvalue weighted by Crippen LogP contribution is -2.41. The molecule has 0 N–H and O–H groups in total. The van der Waals surface area contributed by atoms with E-state index in [0.717, 1.165) is 29.6 Å². The molecule has 1 amide bonds. The van der Waals surface area contributed by atoms with Crippen LogP contribution in [0.25, 0.3) is 22.4 Å². The number of furan rings is 1. The zero-order valence-electron chi connectivity index (χ0n) is 22.0. The molecule has 1 atom stereocenters. The summed E-state index contributed by atoms with van der Waals surface area (Å²) in [4.78, 5) is 19.1. The molecule has 1 fully saturated rings. The molecule has 0 saturated carbocycles. The normalized spacial score (nSPS) is 16.6. The second-order valence-corrected chi connectivity index (χ2v) is 9.72. The van der Waals surface area contributed by atoms with Crippen molar-refractivity contribution in [3.63, 3.8) is 0 Å². The molecule has 0 radical (unpaired) electrons. The number of methoxy groups -OCH3 is 2.